The van der Waals surface area contributed by atoms with E-state index in [0.29, 0.717) is 5.56 Å². The molecule has 0 bridgehead atoms. The highest BCUT2D eigenvalue weighted by molar-refractivity contribution is 7.90. The number of nitrogens with two attached hydrogens (primary N) is 1. The van der Waals surface area contributed by atoms with E-state index in [-0.39, 0.29) is 22.1 Å². The maximum absolute atomic E-state index is 13.6. The standard InChI is InChI=1S/C14H14FNO3S/c1-19-13-7-6-10(8-11(13)15)9-20(17,18)14-5-3-2-4-12(14)16/h2-8H,9,16H2,1H3. The predicted octanol–water partition coefficient (Wildman–Crippen LogP) is 2.39. The van der Waals surface area contributed by atoms with Gasteiger partial charge in [0, 0.05) is 0 Å². The average Bonchev–Trinajstić information content (AvgIpc) is 2.38. The number of hydrogen-bond donors (Lipinski definition) is 1. The Kier molecular flexibility index (Phi) is 3.94. The number of ether oxygens (including phenoxy) is 1. The van der Waals surface area contributed by atoms with Crippen molar-refractivity contribution in [2.24, 2.45) is 0 Å². The van der Waals surface area contributed by atoms with Crippen LogP contribution in [-0.4, -0.2) is 15.5 Å². The molecule has 0 unspecified atom stereocenters. The Bertz CT molecular complexity index is 729. The number of rotatable bonds is 4. The molecule has 0 saturated heterocycles. The van der Waals surface area contributed by atoms with Gasteiger partial charge >= 0.3 is 0 Å². The Morgan fingerprint density at radius 1 is 1.20 bits per heavy atom. The molecule has 0 saturated carbocycles. The van der Waals surface area contributed by atoms with Crippen LogP contribution in [0.2, 0.25) is 0 Å². The lowest BCUT2D eigenvalue weighted by Gasteiger charge is -2.08. The number of benzene rings is 2. The second-order valence-electron chi connectivity index (χ2n) is 4.27. The zero-order chi connectivity index (χ0) is 14.8. The summed E-state index contributed by atoms with van der Waals surface area (Å²) in [5.41, 5.74) is 6.18. The summed E-state index contributed by atoms with van der Waals surface area (Å²) in [7, 11) is -2.27. The van der Waals surface area contributed by atoms with Gasteiger partial charge in [-0.1, -0.05) is 18.2 Å². The summed E-state index contributed by atoms with van der Waals surface area (Å²) in [5, 5.41) is 0. The predicted molar refractivity (Wildman–Crippen MR) is 74.7 cm³/mol. The first kappa shape index (κ1) is 14.3. The molecule has 0 aliphatic carbocycles. The third-order valence-electron chi connectivity index (χ3n) is 2.83. The molecule has 0 heterocycles. The van der Waals surface area contributed by atoms with E-state index in [1.54, 1.807) is 12.1 Å². The summed E-state index contributed by atoms with van der Waals surface area (Å²) in [6, 6.07) is 10.3. The third-order valence-corrected chi connectivity index (χ3v) is 4.58. The number of sulfone groups is 1. The Hall–Kier alpha value is -2.08. The van der Waals surface area contributed by atoms with Crippen LogP contribution in [0.4, 0.5) is 10.1 Å². The van der Waals surface area contributed by atoms with E-state index in [0.717, 1.165) is 6.07 Å². The Morgan fingerprint density at radius 2 is 1.90 bits per heavy atom. The van der Waals surface area contributed by atoms with Crippen molar-refractivity contribution in [3.8, 4) is 5.75 Å². The van der Waals surface area contributed by atoms with Gasteiger partial charge in [-0.05, 0) is 29.8 Å². The van der Waals surface area contributed by atoms with Crippen LogP contribution in [0.15, 0.2) is 47.4 Å². The van der Waals surface area contributed by atoms with E-state index in [1.807, 2.05) is 0 Å². The highest BCUT2D eigenvalue weighted by Gasteiger charge is 2.18. The Balaban J connectivity index is 2.34. The molecular formula is C14H14FNO3S. The molecule has 106 valence electrons. The minimum Gasteiger partial charge on any atom is -0.494 e. The van der Waals surface area contributed by atoms with E-state index >= 15 is 0 Å². The van der Waals surface area contributed by atoms with Crippen molar-refractivity contribution in [1.29, 1.82) is 0 Å². The summed E-state index contributed by atoms with van der Waals surface area (Å²) in [5.74, 6) is -0.839. The van der Waals surface area contributed by atoms with Crippen molar-refractivity contribution in [1.82, 2.24) is 0 Å². The second kappa shape index (κ2) is 5.50. The molecule has 0 radical (unpaired) electrons. The molecule has 2 rings (SSSR count). The largest absolute Gasteiger partial charge is 0.494 e. The molecule has 0 aliphatic rings. The average molecular weight is 295 g/mol. The molecule has 20 heavy (non-hydrogen) atoms. The van der Waals surface area contributed by atoms with Gasteiger partial charge in [0.15, 0.2) is 21.4 Å². The Morgan fingerprint density at radius 3 is 2.50 bits per heavy atom. The van der Waals surface area contributed by atoms with E-state index in [1.165, 1.54) is 31.4 Å². The Labute approximate surface area is 116 Å². The minimum atomic E-state index is -3.61. The van der Waals surface area contributed by atoms with Crippen molar-refractivity contribution < 1.29 is 17.5 Å². The fourth-order valence-electron chi connectivity index (χ4n) is 1.86. The van der Waals surface area contributed by atoms with Crippen LogP contribution in [-0.2, 0) is 15.6 Å². The molecule has 0 amide bonds. The van der Waals surface area contributed by atoms with Crippen LogP contribution < -0.4 is 10.5 Å². The van der Waals surface area contributed by atoms with Crippen LogP contribution in [0.3, 0.4) is 0 Å². The highest BCUT2D eigenvalue weighted by atomic mass is 32.2. The number of halogens is 1. The van der Waals surface area contributed by atoms with Crippen LogP contribution in [0.25, 0.3) is 0 Å². The summed E-state index contributed by atoms with van der Waals surface area (Å²) in [4.78, 5) is 0.0521. The van der Waals surface area contributed by atoms with Crippen LogP contribution in [0.5, 0.6) is 5.75 Å². The van der Waals surface area contributed by atoms with Crippen LogP contribution in [0, 0.1) is 5.82 Å². The number of methoxy groups -OCH3 is 1. The molecule has 0 aliphatic heterocycles. The fraction of sp³-hybridized carbons (Fsp3) is 0.143. The highest BCUT2D eigenvalue weighted by Crippen LogP contribution is 2.24. The molecule has 6 heteroatoms. The first-order valence-corrected chi connectivity index (χ1v) is 7.49. The second-order valence-corrected chi connectivity index (χ2v) is 6.22. The van der Waals surface area contributed by atoms with Gasteiger partial charge in [0.2, 0.25) is 0 Å². The van der Waals surface area contributed by atoms with E-state index in [9.17, 15) is 12.8 Å². The monoisotopic (exact) mass is 295 g/mol. The summed E-state index contributed by atoms with van der Waals surface area (Å²) < 4.78 is 42.9. The van der Waals surface area contributed by atoms with Gasteiger partial charge in [0.25, 0.3) is 0 Å². The van der Waals surface area contributed by atoms with Crippen LogP contribution >= 0.6 is 0 Å². The number of hydrogen-bond acceptors (Lipinski definition) is 4. The SMILES string of the molecule is COc1ccc(CS(=O)(=O)c2ccccc2N)cc1F. The van der Waals surface area contributed by atoms with Crippen molar-refractivity contribution in [3.05, 3.63) is 53.8 Å². The normalized spacial score (nSPS) is 11.3. The molecular weight excluding hydrogens is 281 g/mol. The topological polar surface area (TPSA) is 69.4 Å². The lowest BCUT2D eigenvalue weighted by Crippen LogP contribution is -2.08. The van der Waals surface area contributed by atoms with Crippen LogP contribution in [0.1, 0.15) is 5.56 Å². The molecule has 0 aromatic heterocycles. The quantitative estimate of drug-likeness (QED) is 0.879. The zero-order valence-corrected chi connectivity index (χ0v) is 11.7. The molecule has 2 aromatic rings. The summed E-state index contributed by atoms with van der Waals surface area (Å²) >= 11 is 0. The number of para-hydroxylation sites is 1. The zero-order valence-electron chi connectivity index (χ0n) is 10.8. The first-order chi connectivity index (χ1) is 9.44. The molecule has 0 atom stereocenters. The molecule has 0 spiro atoms. The molecule has 2 aromatic carbocycles. The minimum absolute atomic E-state index is 0.0521. The van der Waals surface area contributed by atoms with E-state index < -0.39 is 15.7 Å². The van der Waals surface area contributed by atoms with Crippen molar-refractivity contribution in [2.45, 2.75) is 10.6 Å². The van der Waals surface area contributed by atoms with Gasteiger partial charge in [-0.15, -0.1) is 0 Å². The van der Waals surface area contributed by atoms with Gasteiger partial charge < -0.3 is 10.5 Å². The summed E-state index contributed by atoms with van der Waals surface area (Å²) in [6.07, 6.45) is 0. The van der Waals surface area contributed by atoms with Gasteiger partial charge in [0.1, 0.15) is 0 Å². The maximum atomic E-state index is 13.6. The molecule has 0 fully saturated rings. The smallest absolute Gasteiger partial charge is 0.184 e. The third kappa shape index (κ3) is 2.91. The number of anilines is 1. The first-order valence-electron chi connectivity index (χ1n) is 5.84. The van der Waals surface area contributed by atoms with Gasteiger partial charge in [-0.2, -0.15) is 0 Å². The lowest BCUT2D eigenvalue weighted by molar-refractivity contribution is 0.386. The molecule has 2 N–H and O–H groups in total. The van der Waals surface area contributed by atoms with E-state index in [4.69, 9.17) is 10.5 Å². The van der Waals surface area contributed by atoms with Gasteiger partial charge in [0.05, 0.1) is 23.4 Å². The van der Waals surface area contributed by atoms with Crippen molar-refractivity contribution in [2.75, 3.05) is 12.8 Å². The van der Waals surface area contributed by atoms with Crippen molar-refractivity contribution in [3.63, 3.8) is 0 Å². The van der Waals surface area contributed by atoms with Crippen molar-refractivity contribution >= 4 is 15.5 Å². The summed E-state index contributed by atoms with van der Waals surface area (Å²) in [6.45, 7) is 0. The van der Waals surface area contributed by atoms with Gasteiger partial charge in [-0.3, -0.25) is 0 Å². The van der Waals surface area contributed by atoms with Gasteiger partial charge in [-0.25, -0.2) is 12.8 Å². The lowest BCUT2D eigenvalue weighted by atomic mass is 10.2. The van der Waals surface area contributed by atoms with E-state index in [2.05, 4.69) is 0 Å². The fourth-order valence-corrected chi connectivity index (χ4v) is 3.35. The molecule has 4 nitrogen and oxygen atoms in total. The maximum Gasteiger partial charge on any atom is 0.184 e. The number of nitrogen functional groups attached to an aromatic ring is 1.